The molecule has 1 atom stereocenters. The Morgan fingerprint density at radius 1 is 0.563 bits per heavy atom. The summed E-state index contributed by atoms with van der Waals surface area (Å²) >= 11 is 0. The lowest BCUT2D eigenvalue weighted by atomic mass is 9.97. The summed E-state index contributed by atoms with van der Waals surface area (Å²) in [4.78, 5) is 61.7. The van der Waals surface area contributed by atoms with E-state index in [9.17, 15) is 19.5 Å². The minimum Gasteiger partial charge on any atom is -0.393 e. The molecule has 0 bridgehead atoms. The van der Waals surface area contributed by atoms with Gasteiger partial charge in [-0.05, 0) is 93.6 Å². The van der Waals surface area contributed by atoms with Gasteiger partial charge < -0.3 is 31.5 Å². The second kappa shape index (κ2) is 20.6. The zero-order valence-electron chi connectivity index (χ0n) is 39.3. The zero-order valence-corrected chi connectivity index (χ0v) is 39.3. The normalized spacial score (nSPS) is 16.3. The number of nitrogens with zero attached hydrogens (tertiary/aromatic N) is 7. The van der Waals surface area contributed by atoms with E-state index in [1.807, 2.05) is 102 Å². The van der Waals surface area contributed by atoms with Gasteiger partial charge in [-0.25, -0.2) is 19.9 Å². The van der Waals surface area contributed by atoms with E-state index >= 15 is 0 Å². The van der Waals surface area contributed by atoms with Gasteiger partial charge >= 0.3 is 0 Å². The number of aliphatic hydroxyl groups is 2. The fourth-order valence-electron chi connectivity index (χ4n) is 10.1. The van der Waals surface area contributed by atoms with Crippen LogP contribution in [0, 0.1) is 0 Å². The molecule has 4 aliphatic rings. The Balaban J connectivity index is 0.000000148. The number of amides is 2. The van der Waals surface area contributed by atoms with Crippen molar-refractivity contribution in [3.8, 4) is 22.3 Å². The maximum atomic E-state index is 13.6. The lowest BCUT2D eigenvalue weighted by Gasteiger charge is -2.19. The van der Waals surface area contributed by atoms with Gasteiger partial charge in [-0.3, -0.25) is 19.3 Å². The van der Waals surface area contributed by atoms with Gasteiger partial charge in [0, 0.05) is 62.1 Å². The maximum Gasteiger partial charge on any atom is 0.273 e. The van der Waals surface area contributed by atoms with Crippen LogP contribution in [0.4, 0.5) is 11.9 Å². The number of benzene rings is 6. The Hall–Kier alpha value is -7.91. The fourth-order valence-corrected chi connectivity index (χ4v) is 10.1. The van der Waals surface area contributed by atoms with Gasteiger partial charge in [0.1, 0.15) is 11.4 Å². The first-order valence-electron chi connectivity index (χ1n) is 24.2. The number of hydrogen-bond donors (Lipinski definition) is 4. The molecule has 2 aromatic heterocycles. The number of rotatable bonds is 7. The molecular formula is C57H55N9O5. The molecule has 12 rings (SSSR count). The van der Waals surface area contributed by atoms with E-state index in [0.717, 1.165) is 83.1 Å². The molecule has 358 valence electrons. The molecule has 3 aliphatic heterocycles. The molecule has 1 aliphatic carbocycles. The molecule has 6 N–H and O–H groups in total. The topological polar surface area (TPSA) is 205 Å². The summed E-state index contributed by atoms with van der Waals surface area (Å²) in [6.07, 6.45) is 5.98. The molecule has 6 aromatic carbocycles. The summed E-state index contributed by atoms with van der Waals surface area (Å²) in [6.45, 7) is 4.53. The molecule has 1 saturated carbocycles. The van der Waals surface area contributed by atoms with E-state index in [4.69, 9.17) is 16.6 Å². The van der Waals surface area contributed by atoms with Crippen molar-refractivity contribution in [2.45, 2.75) is 77.0 Å². The highest BCUT2D eigenvalue weighted by Crippen LogP contribution is 2.33. The van der Waals surface area contributed by atoms with E-state index in [0.29, 0.717) is 65.8 Å². The van der Waals surface area contributed by atoms with Crippen LogP contribution in [-0.4, -0.2) is 88.2 Å². The van der Waals surface area contributed by atoms with Crippen LogP contribution in [0.1, 0.15) is 91.3 Å². The second-order valence-electron chi connectivity index (χ2n) is 18.7. The third-order valence-corrected chi connectivity index (χ3v) is 13.8. The van der Waals surface area contributed by atoms with Gasteiger partial charge in [-0.15, -0.1) is 0 Å². The molecule has 1 unspecified atom stereocenters. The van der Waals surface area contributed by atoms with Gasteiger partial charge in [0.05, 0.1) is 23.2 Å². The summed E-state index contributed by atoms with van der Waals surface area (Å²) in [5, 5.41) is 20.0. The predicted molar refractivity (Wildman–Crippen MR) is 275 cm³/mol. The minimum absolute atomic E-state index is 0.0463. The molecule has 71 heavy (non-hydrogen) atoms. The number of β-amino-alcohol motifs (C(OH)–C–C–N with tert-alkyl or cyclic N) is 1. The van der Waals surface area contributed by atoms with Crippen molar-refractivity contribution >= 4 is 51.8 Å². The Morgan fingerprint density at radius 2 is 1.03 bits per heavy atom. The van der Waals surface area contributed by atoms with Gasteiger partial charge in [0.25, 0.3) is 11.8 Å². The van der Waals surface area contributed by atoms with Crippen molar-refractivity contribution in [3.05, 3.63) is 178 Å². The number of nitrogens with two attached hydrogens (primary N) is 2. The molecule has 0 spiro atoms. The SMILES string of the molecule is Nc1nc(C(=O)N2Cc3ccccc3C2)c2cc(-c3ccccc3C=O)ccc2n1.Nc1nc(C(=O)N2Cc3ccccc3C2)c2cc(-c3ccccc3CN3CCC(O)C3)ccc2n1.OC1CCCC1. The summed E-state index contributed by atoms with van der Waals surface area (Å²) in [5.41, 5.74) is 23.8. The Kier molecular flexibility index (Phi) is 13.6. The lowest BCUT2D eigenvalue weighted by molar-refractivity contribution is 0.0741. The third-order valence-electron chi connectivity index (χ3n) is 13.8. The number of aliphatic hydroxyl groups excluding tert-OH is 2. The molecule has 0 radical (unpaired) electrons. The average molecular weight is 946 g/mol. The largest absolute Gasteiger partial charge is 0.393 e. The summed E-state index contributed by atoms with van der Waals surface area (Å²) in [6, 6.07) is 43.2. The number of aromatic nitrogens is 4. The monoisotopic (exact) mass is 945 g/mol. The number of anilines is 2. The number of hydrogen-bond acceptors (Lipinski definition) is 12. The highest BCUT2D eigenvalue weighted by atomic mass is 16.3. The summed E-state index contributed by atoms with van der Waals surface area (Å²) < 4.78 is 0. The van der Waals surface area contributed by atoms with Gasteiger partial charge in [-0.1, -0.05) is 122 Å². The van der Waals surface area contributed by atoms with Gasteiger partial charge in [-0.2, -0.15) is 0 Å². The molecule has 1 saturated heterocycles. The molecule has 14 nitrogen and oxygen atoms in total. The van der Waals surface area contributed by atoms with Crippen molar-refractivity contribution in [1.29, 1.82) is 0 Å². The van der Waals surface area contributed by atoms with Crippen LogP contribution >= 0.6 is 0 Å². The first-order valence-corrected chi connectivity index (χ1v) is 24.2. The van der Waals surface area contributed by atoms with Crippen LogP contribution in [0.3, 0.4) is 0 Å². The van der Waals surface area contributed by atoms with E-state index in [1.54, 1.807) is 17.0 Å². The van der Waals surface area contributed by atoms with E-state index < -0.39 is 0 Å². The lowest BCUT2D eigenvalue weighted by Crippen LogP contribution is -2.27. The number of likely N-dealkylation sites (tertiary alicyclic amines) is 1. The third kappa shape index (κ3) is 10.2. The fraction of sp³-hybridized carbons (Fsp3) is 0.246. The maximum absolute atomic E-state index is 13.6. The number of carbonyl (C=O) groups is 3. The first-order chi connectivity index (χ1) is 34.6. The van der Waals surface area contributed by atoms with Crippen molar-refractivity contribution < 1.29 is 24.6 Å². The number of nitrogen functional groups attached to an aromatic ring is 2. The summed E-state index contributed by atoms with van der Waals surface area (Å²) in [5.74, 6) is -0.176. The second-order valence-corrected chi connectivity index (χ2v) is 18.7. The van der Waals surface area contributed by atoms with Crippen LogP contribution in [-0.2, 0) is 32.7 Å². The summed E-state index contributed by atoms with van der Waals surface area (Å²) in [7, 11) is 0. The Bertz CT molecular complexity index is 3250. The molecular weight excluding hydrogens is 891 g/mol. The van der Waals surface area contributed by atoms with E-state index in [2.05, 4.69) is 49.1 Å². The first kappa shape index (κ1) is 46.8. The molecule has 14 heteroatoms. The predicted octanol–water partition coefficient (Wildman–Crippen LogP) is 8.37. The number of fused-ring (bicyclic) bond motifs is 4. The van der Waals surface area contributed by atoms with Crippen LogP contribution in [0.2, 0.25) is 0 Å². The van der Waals surface area contributed by atoms with Gasteiger partial charge in [0.15, 0.2) is 6.29 Å². The highest BCUT2D eigenvalue weighted by molar-refractivity contribution is 6.07. The molecule has 5 heterocycles. The van der Waals surface area contributed by atoms with Crippen molar-refractivity contribution in [2.24, 2.45) is 0 Å². The zero-order chi connectivity index (χ0) is 49.0. The number of aldehydes is 1. The minimum atomic E-state index is -0.254. The van der Waals surface area contributed by atoms with Crippen LogP contribution in [0.25, 0.3) is 44.1 Å². The average Bonchev–Trinajstić information content (AvgIpc) is 4.24. The molecule has 2 fully saturated rings. The van der Waals surface area contributed by atoms with Crippen LogP contribution in [0.15, 0.2) is 133 Å². The smallest absolute Gasteiger partial charge is 0.273 e. The quantitative estimate of drug-likeness (QED) is 0.111. The van der Waals surface area contributed by atoms with Gasteiger partial charge in [0.2, 0.25) is 11.9 Å². The standard InChI is InChI=1S/C28H27N5O2.C24H18N4O2.C5H10O/c29-28-30-25-10-9-18(23-8-4-3-7-21(23)14-32-12-11-22(34)17-32)13-24(25)26(31-28)27(35)33-15-19-5-1-2-6-20(19)16-33;25-24-26-21-10-9-15(19-8-4-3-7-18(19)14-29)11-20(21)22(27-24)23(30)28-12-16-5-1-2-6-17(16)13-28;6-5-3-1-2-4-5/h1-10,13,22,34H,11-12,14-17H2,(H2,29,30,31);1-11,14H,12-13H2,(H2,25,26,27);5-6H,1-4H2. The van der Waals surface area contributed by atoms with E-state index in [1.165, 1.54) is 18.4 Å². The Labute approximate surface area is 411 Å². The van der Waals surface area contributed by atoms with Crippen LogP contribution < -0.4 is 11.5 Å². The highest BCUT2D eigenvalue weighted by Gasteiger charge is 2.29. The number of carbonyl (C=O) groups excluding carboxylic acids is 3. The molecule has 2 amide bonds. The van der Waals surface area contributed by atoms with E-state index in [-0.39, 0.29) is 41.6 Å². The van der Waals surface area contributed by atoms with Crippen molar-refractivity contribution in [1.82, 2.24) is 34.6 Å². The Morgan fingerprint density at radius 3 is 1.49 bits per heavy atom. The molecule has 8 aromatic rings. The van der Waals surface area contributed by atoms with Crippen LogP contribution in [0.5, 0.6) is 0 Å². The van der Waals surface area contributed by atoms with Crippen molar-refractivity contribution in [3.63, 3.8) is 0 Å². The van der Waals surface area contributed by atoms with Crippen molar-refractivity contribution in [2.75, 3.05) is 24.6 Å².